The molecule has 0 amide bonds. The van der Waals surface area contributed by atoms with Crippen LogP contribution in [0.1, 0.15) is 17.9 Å². The minimum atomic E-state index is -3.67. The third-order valence-corrected chi connectivity index (χ3v) is 4.98. The Morgan fingerprint density at radius 1 is 1.19 bits per heavy atom. The summed E-state index contributed by atoms with van der Waals surface area (Å²) >= 11 is 0. The third kappa shape index (κ3) is 5.02. The summed E-state index contributed by atoms with van der Waals surface area (Å²) in [7, 11) is -3.67. The largest absolute Gasteiger partial charge is 0.459 e. The van der Waals surface area contributed by atoms with Gasteiger partial charge in [-0.25, -0.2) is 13.1 Å². The van der Waals surface area contributed by atoms with E-state index in [2.05, 4.69) is 14.9 Å². The molecule has 3 rings (SSSR count). The van der Waals surface area contributed by atoms with Crippen molar-refractivity contribution in [2.45, 2.75) is 24.8 Å². The summed E-state index contributed by atoms with van der Waals surface area (Å²) in [5.41, 5.74) is 0.953. The molecule has 0 bridgehead atoms. The van der Waals surface area contributed by atoms with Gasteiger partial charge in [0.15, 0.2) is 12.4 Å². The second kappa shape index (κ2) is 8.14. The summed E-state index contributed by atoms with van der Waals surface area (Å²) in [6.07, 6.45) is 1.33. The van der Waals surface area contributed by atoms with E-state index < -0.39 is 16.0 Å². The monoisotopic (exact) mass is 391 g/mol. The molecule has 0 aliphatic heterocycles. The van der Waals surface area contributed by atoms with E-state index in [0.29, 0.717) is 5.76 Å². The predicted octanol–water partition coefficient (Wildman–Crippen LogP) is 2.05. The molecule has 9 nitrogen and oxygen atoms in total. The van der Waals surface area contributed by atoms with Gasteiger partial charge < -0.3 is 13.6 Å². The number of aromatic nitrogens is 2. The summed E-state index contributed by atoms with van der Waals surface area (Å²) in [5, 5.41) is 7.52. The Morgan fingerprint density at radius 2 is 1.96 bits per heavy atom. The second-order valence-electron chi connectivity index (χ2n) is 5.60. The predicted molar refractivity (Wildman–Crippen MR) is 92.8 cm³/mol. The smallest absolute Gasteiger partial charge is 0.307 e. The summed E-state index contributed by atoms with van der Waals surface area (Å²) in [5.74, 6) is 0.0943. The van der Waals surface area contributed by atoms with Crippen LogP contribution in [0.3, 0.4) is 0 Å². The number of esters is 1. The fourth-order valence-electron chi connectivity index (χ4n) is 2.11. The Balaban J connectivity index is 1.44. The lowest BCUT2D eigenvalue weighted by Gasteiger charge is -2.07. The van der Waals surface area contributed by atoms with Crippen LogP contribution in [0.15, 0.2) is 56.4 Å². The van der Waals surface area contributed by atoms with Crippen LogP contribution in [-0.2, 0) is 26.2 Å². The van der Waals surface area contributed by atoms with Crippen LogP contribution < -0.4 is 4.72 Å². The number of rotatable bonds is 8. The van der Waals surface area contributed by atoms with Crippen molar-refractivity contribution in [1.29, 1.82) is 0 Å². The van der Waals surface area contributed by atoms with Crippen molar-refractivity contribution in [3.8, 4) is 11.7 Å². The van der Waals surface area contributed by atoms with Crippen LogP contribution in [0.25, 0.3) is 11.7 Å². The Bertz CT molecular complexity index is 994. The van der Waals surface area contributed by atoms with Gasteiger partial charge in [0.05, 0.1) is 17.6 Å². The van der Waals surface area contributed by atoms with Gasteiger partial charge in [0.1, 0.15) is 0 Å². The minimum absolute atomic E-state index is 0.0868. The molecule has 2 heterocycles. The molecule has 1 N–H and O–H groups in total. The van der Waals surface area contributed by atoms with E-state index in [-0.39, 0.29) is 36.2 Å². The Kier molecular flexibility index (Phi) is 5.67. The lowest BCUT2D eigenvalue weighted by atomic mass is 10.2. The molecule has 2 aromatic heterocycles. The van der Waals surface area contributed by atoms with Gasteiger partial charge in [-0.1, -0.05) is 17.7 Å². The van der Waals surface area contributed by atoms with Crippen molar-refractivity contribution in [2.24, 2.45) is 0 Å². The van der Waals surface area contributed by atoms with Crippen molar-refractivity contribution in [2.75, 3.05) is 6.54 Å². The van der Waals surface area contributed by atoms with E-state index in [9.17, 15) is 13.2 Å². The molecule has 0 spiro atoms. The number of benzene rings is 1. The first-order chi connectivity index (χ1) is 12.9. The van der Waals surface area contributed by atoms with Gasteiger partial charge in [-0.3, -0.25) is 4.79 Å². The molecule has 1 aromatic carbocycles. The number of nitrogens with zero attached hydrogens (tertiary/aromatic N) is 2. The topological polar surface area (TPSA) is 125 Å². The van der Waals surface area contributed by atoms with Crippen molar-refractivity contribution in [3.63, 3.8) is 0 Å². The van der Waals surface area contributed by atoms with E-state index in [1.807, 2.05) is 6.92 Å². The molecule has 0 fully saturated rings. The Morgan fingerprint density at radius 3 is 2.67 bits per heavy atom. The van der Waals surface area contributed by atoms with E-state index >= 15 is 0 Å². The number of ether oxygens (including phenoxy) is 1. The van der Waals surface area contributed by atoms with E-state index in [1.165, 1.54) is 18.4 Å². The average molecular weight is 391 g/mol. The molecule has 0 radical (unpaired) electrons. The molecule has 0 unspecified atom stereocenters. The van der Waals surface area contributed by atoms with Crippen molar-refractivity contribution in [1.82, 2.24) is 14.9 Å². The first-order valence-electron chi connectivity index (χ1n) is 8.02. The van der Waals surface area contributed by atoms with E-state index in [1.54, 1.807) is 24.3 Å². The highest BCUT2D eigenvalue weighted by atomic mass is 32.2. The summed E-state index contributed by atoms with van der Waals surface area (Å²) in [6.45, 7) is 1.56. The number of carbonyl (C=O) groups excluding carboxylic acids is 1. The average Bonchev–Trinajstić information content (AvgIpc) is 3.32. The summed E-state index contributed by atoms with van der Waals surface area (Å²) in [6, 6.07) is 9.74. The first-order valence-corrected chi connectivity index (χ1v) is 9.50. The highest BCUT2D eigenvalue weighted by Crippen LogP contribution is 2.18. The molecule has 142 valence electrons. The van der Waals surface area contributed by atoms with E-state index in [0.717, 1.165) is 5.56 Å². The van der Waals surface area contributed by atoms with Gasteiger partial charge >= 0.3 is 5.97 Å². The van der Waals surface area contributed by atoms with Crippen LogP contribution in [-0.4, -0.2) is 31.1 Å². The number of nitrogens with one attached hydrogen (secondary N) is 1. The summed E-state index contributed by atoms with van der Waals surface area (Å²) in [4.78, 5) is 11.9. The lowest BCUT2D eigenvalue weighted by molar-refractivity contribution is -0.145. The van der Waals surface area contributed by atoms with Gasteiger partial charge in [-0.15, -0.1) is 10.2 Å². The van der Waals surface area contributed by atoms with Crippen LogP contribution in [0, 0.1) is 6.92 Å². The molecule has 0 saturated heterocycles. The Hall–Kier alpha value is -2.98. The number of hydrogen-bond acceptors (Lipinski definition) is 8. The van der Waals surface area contributed by atoms with E-state index in [4.69, 9.17) is 13.6 Å². The number of aryl methyl sites for hydroxylation is 1. The molecule has 0 atom stereocenters. The standard InChI is InChI=1S/C17H17N3O6S/c1-12-4-6-13(7-5-12)27(22,23)18-9-8-16(21)25-11-15-19-20-17(26-15)14-3-2-10-24-14/h2-7,10,18H,8-9,11H2,1H3. The number of carbonyl (C=O) groups is 1. The van der Waals surface area contributed by atoms with Crippen LogP contribution in [0.4, 0.5) is 0 Å². The number of sulfonamides is 1. The lowest BCUT2D eigenvalue weighted by Crippen LogP contribution is -2.26. The molecular weight excluding hydrogens is 374 g/mol. The zero-order valence-electron chi connectivity index (χ0n) is 14.4. The highest BCUT2D eigenvalue weighted by Gasteiger charge is 2.15. The SMILES string of the molecule is Cc1ccc(S(=O)(=O)NCCC(=O)OCc2nnc(-c3ccco3)o2)cc1. The first kappa shape index (κ1) is 18.8. The number of furan rings is 1. The molecule has 0 saturated carbocycles. The maximum absolute atomic E-state index is 12.1. The molecule has 10 heteroatoms. The van der Waals surface area contributed by atoms with Crippen molar-refractivity contribution < 1.29 is 26.8 Å². The zero-order chi connectivity index (χ0) is 19.3. The van der Waals surface area contributed by atoms with Crippen molar-refractivity contribution in [3.05, 3.63) is 54.1 Å². The number of hydrogen-bond donors (Lipinski definition) is 1. The van der Waals surface area contributed by atoms with Gasteiger partial charge in [0, 0.05) is 6.54 Å². The molecule has 3 aromatic rings. The highest BCUT2D eigenvalue weighted by molar-refractivity contribution is 7.89. The normalized spacial score (nSPS) is 11.4. The Labute approximate surface area is 155 Å². The molecule has 0 aliphatic carbocycles. The van der Waals surface area contributed by atoms with Crippen LogP contribution in [0.2, 0.25) is 0 Å². The van der Waals surface area contributed by atoms with Crippen molar-refractivity contribution >= 4 is 16.0 Å². The molecular formula is C17H17N3O6S. The minimum Gasteiger partial charge on any atom is -0.459 e. The molecule has 0 aliphatic rings. The summed E-state index contributed by atoms with van der Waals surface area (Å²) < 4.78 is 42.0. The fourth-order valence-corrected chi connectivity index (χ4v) is 3.15. The van der Waals surface area contributed by atoms with Gasteiger partial charge in [0.2, 0.25) is 10.0 Å². The van der Waals surface area contributed by atoms with Gasteiger partial charge in [0.25, 0.3) is 11.8 Å². The quantitative estimate of drug-likeness (QED) is 0.579. The fraction of sp³-hybridized carbons (Fsp3) is 0.235. The van der Waals surface area contributed by atoms with Crippen LogP contribution in [0.5, 0.6) is 0 Å². The maximum atomic E-state index is 12.1. The van der Waals surface area contributed by atoms with Gasteiger partial charge in [-0.2, -0.15) is 0 Å². The van der Waals surface area contributed by atoms with Crippen LogP contribution >= 0.6 is 0 Å². The molecule has 27 heavy (non-hydrogen) atoms. The van der Waals surface area contributed by atoms with Gasteiger partial charge in [-0.05, 0) is 31.2 Å². The second-order valence-corrected chi connectivity index (χ2v) is 7.37. The third-order valence-electron chi connectivity index (χ3n) is 3.51. The zero-order valence-corrected chi connectivity index (χ0v) is 15.2. The maximum Gasteiger partial charge on any atom is 0.307 e.